The van der Waals surface area contributed by atoms with E-state index in [-0.39, 0.29) is 16.5 Å². The summed E-state index contributed by atoms with van der Waals surface area (Å²) in [5, 5.41) is 6.20. The number of benzene rings is 1. The van der Waals surface area contributed by atoms with Gasteiger partial charge in [-0.15, -0.1) is 0 Å². The Balaban J connectivity index is 2.13. The Morgan fingerprint density at radius 1 is 1.28 bits per heavy atom. The first-order chi connectivity index (χ1) is 11.7. The Morgan fingerprint density at radius 2 is 1.92 bits per heavy atom. The van der Waals surface area contributed by atoms with E-state index in [9.17, 15) is 22.0 Å². The summed E-state index contributed by atoms with van der Waals surface area (Å²) < 4.78 is 53.8. The van der Waals surface area contributed by atoms with Gasteiger partial charge in [0.25, 0.3) is 16.4 Å². The molecule has 0 saturated heterocycles. The van der Waals surface area contributed by atoms with E-state index in [1.165, 1.54) is 32.3 Å². The molecule has 1 aromatic heterocycles. The molecule has 1 heterocycles. The zero-order valence-electron chi connectivity index (χ0n) is 13.7. The third-order valence-electron chi connectivity index (χ3n) is 3.33. The van der Waals surface area contributed by atoms with Crippen LogP contribution in [0.5, 0.6) is 0 Å². The molecule has 25 heavy (non-hydrogen) atoms. The lowest BCUT2D eigenvalue weighted by molar-refractivity contribution is -0.118. The molecule has 0 radical (unpaired) electrons. The highest BCUT2D eigenvalue weighted by atomic mass is 32.2. The van der Waals surface area contributed by atoms with Crippen molar-refractivity contribution in [3.63, 3.8) is 0 Å². The predicted molar refractivity (Wildman–Crippen MR) is 87.8 cm³/mol. The number of aromatic nitrogens is 2. The maximum Gasteiger partial charge on any atom is 0.284 e. The van der Waals surface area contributed by atoms with Crippen LogP contribution in [0, 0.1) is 0 Å². The molecule has 0 unspecified atom stereocenters. The molecule has 2 aromatic rings. The van der Waals surface area contributed by atoms with E-state index in [4.69, 9.17) is 0 Å². The third kappa shape index (κ3) is 4.99. The van der Waals surface area contributed by atoms with Crippen molar-refractivity contribution in [1.82, 2.24) is 15.1 Å². The Bertz CT molecular complexity index is 848. The van der Waals surface area contributed by atoms with E-state index in [0.717, 1.165) is 10.2 Å². The molecule has 136 valence electrons. The number of nitrogens with zero attached hydrogens (tertiary/aromatic N) is 2. The van der Waals surface area contributed by atoms with Crippen LogP contribution in [0.25, 0.3) is 0 Å². The van der Waals surface area contributed by atoms with E-state index in [0.29, 0.717) is 13.0 Å². The van der Waals surface area contributed by atoms with Crippen molar-refractivity contribution in [2.24, 2.45) is 7.05 Å². The summed E-state index contributed by atoms with van der Waals surface area (Å²) in [5.41, 5.74) is -0.0485. The number of carbonyl (C=O) groups is 1. The second kappa shape index (κ2) is 7.60. The van der Waals surface area contributed by atoms with Crippen molar-refractivity contribution in [2.45, 2.75) is 24.7 Å². The van der Waals surface area contributed by atoms with Gasteiger partial charge in [0.15, 0.2) is 5.69 Å². The van der Waals surface area contributed by atoms with Gasteiger partial charge in [-0.3, -0.25) is 14.2 Å². The van der Waals surface area contributed by atoms with E-state index < -0.39 is 22.1 Å². The topological polar surface area (TPSA) is 93.1 Å². The zero-order chi connectivity index (χ0) is 18.6. The maximum atomic E-state index is 12.9. The SMILES string of the molecule is CC(=O)NCCc1ccc(S(=O)(=O)Nc2cn(C)nc2C(F)F)cc1. The van der Waals surface area contributed by atoms with Crippen molar-refractivity contribution in [2.75, 3.05) is 11.3 Å². The minimum absolute atomic E-state index is 0.0557. The van der Waals surface area contributed by atoms with Gasteiger partial charge in [-0.25, -0.2) is 17.2 Å². The van der Waals surface area contributed by atoms with Crippen molar-refractivity contribution in [3.05, 3.63) is 41.7 Å². The fourth-order valence-electron chi connectivity index (χ4n) is 2.17. The lowest BCUT2D eigenvalue weighted by atomic mass is 10.1. The summed E-state index contributed by atoms with van der Waals surface area (Å²) in [6, 6.07) is 5.97. The van der Waals surface area contributed by atoms with E-state index >= 15 is 0 Å². The second-order valence-corrected chi connectivity index (χ2v) is 7.07. The molecule has 10 heteroatoms. The number of carbonyl (C=O) groups excluding carboxylic acids is 1. The van der Waals surface area contributed by atoms with Gasteiger partial charge in [0.2, 0.25) is 5.91 Å². The van der Waals surface area contributed by atoms with Gasteiger partial charge in [0.1, 0.15) is 0 Å². The molecule has 2 rings (SSSR count). The van der Waals surface area contributed by atoms with Crippen LogP contribution in [0.2, 0.25) is 0 Å². The fourth-order valence-corrected chi connectivity index (χ4v) is 3.23. The first-order valence-electron chi connectivity index (χ1n) is 7.37. The molecule has 0 atom stereocenters. The van der Waals surface area contributed by atoms with Crippen molar-refractivity contribution in [1.29, 1.82) is 0 Å². The Labute approximate surface area is 144 Å². The normalized spacial score (nSPS) is 11.6. The first kappa shape index (κ1) is 18.8. The van der Waals surface area contributed by atoms with Crippen LogP contribution < -0.4 is 10.0 Å². The van der Waals surface area contributed by atoms with Crippen LogP contribution in [-0.2, 0) is 28.3 Å². The number of halogens is 2. The van der Waals surface area contributed by atoms with Crippen molar-refractivity contribution < 1.29 is 22.0 Å². The number of nitrogens with one attached hydrogen (secondary N) is 2. The highest BCUT2D eigenvalue weighted by Crippen LogP contribution is 2.27. The highest BCUT2D eigenvalue weighted by molar-refractivity contribution is 7.92. The summed E-state index contributed by atoms with van der Waals surface area (Å²) in [6.45, 7) is 1.85. The minimum atomic E-state index is -4.01. The van der Waals surface area contributed by atoms with Crippen LogP contribution in [0.4, 0.5) is 14.5 Å². The van der Waals surface area contributed by atoms with Crippen molar-refractivity contribution >= 4 is 21.6 Å². The summed E-state index contributed by atoms with van der Waals surface area (Å²) >= 11 is 0. The largest absolute Gasteiger partial charge is 0.356 e. The van der Waals surface area contributed by atoms with Crippen LogP contribution >= 0.6 is 0 Å². The molecular formula is C15H18F2N4O3S. The number of anilines is 1. The molecule has 0 fully saturated rings. The molecule has 0 saturated carbocycles. The smallest absolute Gasteiger partial charge is 0.284 e. The number of rotatable bonds is 7. The van der Waals surface area contributed by atoms with Gasteiger partial charge in [0.05, 0.1) is 10.6 Å². The van der Waals surface area contributed by atoms with Gasteiger partial charge in [-0.2, -0.15) is 5.10 Å². The standard InChI is InChI=1S/C15H18F2N4O3S/c1-10(22)18-8-7-11-3-5-12(6-4-11)25(23,24)20-13-9-21(2)19-14(13)15(16)17/h3-6,9,15,20H,7-8H2,1-2H3,(H,18,22). The highest BCUT2D eigenvalue weighted by Gasteiger charge is 2.22. The van der Waals surface area contributed by atoms with Gasteiger partial charge in [-0.1, -0.05) is 12.1 Å². The molecule has 2 N–H and O–H groups in total. The summed E-state index contributed by atoms with van der Waals surface area (Å²) in [5.74, 6) is -0.144. The van der Waals surface area contributed by atoms with E-state index in [1.807, 2.05) is 0 Å². The average Bonchev–Trinajstić information content (AvgIpc) is 2.87. The Hall–Kier alpha value is -2.49. The van der Waals surface area contributed by atoms with Gasteiger partial charge in [0, 0.05) is 26.7 Å². The molecule has 7 nitrogen and oxygen atoms in total. The number of hydrogen-bond donors (Lipinski definition) is 2. The third-order valence-corrected chi connectivity index (χ3v) is 4.71. The molecule has 1 aromatic carbocycles. The quantitative estimate of drug-likeness (QED) is 0.776. The van der Waals surface area contributed by atoms with Gasteiger partial charge in [-0.05, 0) is 24.1 Å². The van der Waals surface area contributed by atoms with Crippen LogP contribution in [0.1, 0.15) is 24.6 Å². The molecule has 1 amide bonds. The number of aryl methyl sites for hydroxylation is 1. The maximum absolute atomic E-state index is 12.9. The number of hydrogen-bond acceptors (Lipinski definition) is 4. The number of amides is 1. The minimum Gasteiger partial charge on any atom is -0.356 e. The molecule has 0 spiro atoms. The van der Waals surface area contributed by atoms with Gasteiger partial charge < -0.3 is 5.32 Å². The molecule has 0 aliphatic rings. The average molecular weight is 372 g/mol. The van der Waals surface area contributed by atoms with Gasteiger partial charge >= 0.3 is 0 Å². The van der Waals surface area contributed by atoms with Crippen LogP contribution in [0.15, 0.2) is 35.4 Å². The molecule has 0 aliphatic heterocycles. The molecular weight excluding hydrogens is 354 g/mol. The second-order valence-electron chi connectivity index (χ2n) is 5.38. The monoisotopic (exact) mass is 372 g/mol. The lowest BCUT2D eigenvalue weighted by Gasteiger charge is -2.09. The fraction of sp³-hybridized carbons (Fsp3) is 0.333. The van der Waals surface area contributed by atoms with Crippen molar-refractivity contribution in [3.8, 4) is 0 Å². The lowest BCUT2D eigenvalue weighted by Crippen LogP contribution is -2.22. The van der Waals surface area contributed by atoms with Crippen LogP contribution in [-0.4, -0.2) is 30.7 Å². The molecule has 0 aliphatic carbocycles. The Morgan fingerprint density at radius 3 is 2.48 bits per heavy atom. The Kier molecular flexibility index (Phi) is 5.73. The van der Waals surface area contributed by atoms with E-state index in [2.05, 4.69) is 15.1 Å². The summed E-state index contributed by atoms with van der Waals surface area (Å²) in [4.78, 5) is 10.8. The zero-order valence-corrected chi connectivity index (χ0v) is 14.5. The number of alkyl halides is 2. The summed E-state index contributed by atoms with van der Waals surface area (Å²) in [7, 11) is -2.59. The first-order valence-corrected chi connectivity index (χ1v) is 8.85. The predicted octanol–water partition coefficient (Wildman–Crippen LogP) is 1.84. The van der Waals surface area contributed by atoms with Crippen LogP contribution in [0.3, 0.4) is 0 Å². The number of sulfonamides is 1. The molecule has 0 bridgehead atoms. The summed E-state index contributed by atoms with van der Waals surface area (Å²) in [6.07, 6.45) is -1.16. The van der Waals surface area contributed by atoms with E-state index in [1.54, 1.807) is 12.1 Å².